The summed E-state index contributed by atoms with van der Waals surface area (Å²) in [5.41, 5.74) is 0.774. The number of nitrogens with zero attached hydrogens (tertiary/aromatic N) is 2. The van der Waals surface area contributed by atoms with Crippen LogP contribution < -0.4 is 5.56 Å². The molecule has 0 unspecified atom stereocenters. The Labute approximate surface area is 112 Å². The first-order valence-electron chi connectivity index (χ1n) is 5.77. The molecular formula is C13H10N2O3S. The lowest BCUT2D eigenvalue weighted by atomic mass is 10.1. The Morgan fingerprint density at radius 3 is 3.11 bits per heavy atom. The van der Waals surface area contributed by atoms with Gasteiger partial charge in [-0.25, -0.2) is 9.78 Å². The Bertz CT molecular complexity index is 835. The molecule has 0 fully saturated rings. The minimum atomic E-state index is -0.431. The molecule has 0 radical (unpaired) electrons. The molecule has 0 aliphatic rings. The quantitative estimate of drug-likeness (QED) is 0.671. The van der Waals surface area contributed by atoms with Crippen molar-refractivity contribution in [2.24, 2.45) is 0 Å². The highest BCUT2D eigenvalue weighted by molar-refractivity contribution is 7.15. The zero-order valence-corrected chi connectivity index (χ0v) is 10.9. The first kappa shape index (κ1) is 11.9. The van der Waals surface area contributed by atoms with Crippen molar-refractivity contribution in [1.29, 1.82) is 0 Å². The van der Waals surface area contributed by atoms with E-state index < -0.39 is 5.97 Å². The summed E-state index contributed by atoms with van der Waals surface area (Å²) in [7, 11) is 0. The molecule has 19 heavy (non-hydrogen) atoms. The van der Waals surface area contributed by atoms with Crippen molar-refractivity contribution in [2.75, 3.05) is 6.61 Å². The van der Waals surface area contributed by atoms with E-state index in [9.17, 15) is 9.59 Å². The SMILES string of the molecule is CCOC(=O)c1ccc2nc3sccn3c(=O)c2c1. The van der Waals surface area contributed by atoms with Crippen molar-refractivity contribution >= 4 is 33.2 Å². The third-order valence-electron chi connectivity index (χ3n) is 2.76. The van der Waals surface area contributed by atoms with Gasteiger partial charge in [0.15, 0.2) is 4.96 Å². The van der Waals surface area contributed by atoms with Crippen LogP contribution in [-0.4, -0.2) is 22.0 Å². The fraction of sp³-hybridized carbons (Fsp3) is 0.154. The third-order valence-corrected chi connectivity index (χ3v) is 3.52. The van der Waals surface area contributed by atoms with Gasteiger partial charge < -0.3 is 4.74 Å². The zero-order chi connectivity index (χ0) is 13.4. The van der Waals surface area contributed by atoms with Crippen LogP contribution in [0.15, 0.2) is 34.6 Å². The number of ether oxygens (including phenoxy) is 1. The maximum atomic E-state index is 12.3. The second kappa shape index (κ2) is 4.47. The molecule has 3 rings (SSSR count). The van der Waals surface area contributed by atoms with Crippen LogP contribution in [0.5, 0.6) is 0 Å². The summed E-state index contributed by atoms with van der Waals surface area (Å²) in [5.74, 6) is -0.431. The first-order valence-corrected chi connectivity index (χ1v) is 6.65. The topological polar surface area (TPSA) is 60.7 Å². The lowest BCUT2D eigenvalue weighted by Crippen LogP contribution is -2.14. The molecule has 96 valence electrons. The van der Waals surface area contributed by atoms with Crippen molar-refractivity contribution in [1.82, 2.24) is 9.38 Å². The van der Waals surface area contributed by atoms with Crippen LogP contribution in [-0.2, 0) is 4.74 Å². The summed E-state index contributed by atoms with van der Waals surface area (Å²) in [6.45, 7) is 2.04. The minimum absolute atomic E-state index is 0.174. The Morgan fingerprint density at radius 1 is 1.47 bits per heavy atom. The Morgan fingerprint density at radius 2 is 2.32 bits per heavy atom. The molecule has 0 aliphatic heterocycles. The summed E-state index contributed by atoms with van der Waals surface area (Å²) in [6, 6.07) is 4.83. The van der Waals surface area contributed by atoms with Gasteiger partial charge in [-0.3, -0.25) is 9.20 Å². The molecule has 5 nitrogen and oxygen atoms in total. The lowest BCUT2D eigenvalue weighted by Gasteiger charge is -2.03. The minimum Gasteiger partial charge on any atom is -0.462 e. The summed E-state index contributed by atoms with van der Waals surface area (Å²) in [5, 5.41) is 2.22. The molecule has 3 aromatic rings. The van der Waals surface area contributed by atoms with E-state index in [0.717, 1.165) is 0 Å². The van der Waals surface area contributed by atoms with Crippen molar-refractivity contribution in [3.8, 4) is 0 Å². The Kier molecular flexibility index (Phi) is 2.79. The summed E-state index contributed by atoms with van der Waals surface area (Å²) >= 11 is 1.40. The second-order valence-corrected chi connectivity index (χ2v) is 4.80. The second-order valence-electron chi connectivity index (χ2n) is 3.92. The largest absolute Gasteiger partial charge is 0.462 e. The van der Waals surface area contributed by atoms with Crippen LogP contribution in [0.3, 0.4) is 0 Å². The standard InChI is InChI=1S/C13H10N2O3S/c1-2-18-12(17)8-3-4-10-9(7-8)11(16)15-5-6-19-13(15)14-10/h3-7H,2H2,1H3. The van der Waals surface area contributed by atoms with Crippen LogP contribution in [0.4, 0.5) is 0 Å². The zero-order valence-electron chi connectivity index (χ0n) is 10.1. The predicted molar refractivity (Wildman–Crippen MR) is 72.8 cm³/mol. The molecule has 6 heteroatoms. The van der Waals surface area contributed by atoms with Gasteiger partial charge in [-0.05, 0) is 25.1 Å². The van der Waals surface area contributed by atoms with Gasteiger partial charge >= 0.3 is 5.97 Å². The highest BCUT2D eigenvalue weighted by atomic mass is 32.1. The van der Waals surface area contributed by atoms with E-state index in [4.69, 9.17) is 4.74 Å². The van der Waals surface area contributed by atoms with Crippen LogP contribution in [0.2, 0.25) is 0 Å². The van der Waals surface area contributed by atoms with E-state index in [2.05, 4.69) is 4.98 Å². The molecule has 0 saturated heterocycles. The predicted octanol–water partition coefficient (Wildman–Crippen LogP) is 2.09. The normalized spacial score (nSPS) is 11.0. The van der Waals surface area contributed by atoms with E-state index in [1.54, 1.807) is 30.6 Å². The van der Waals surface area contributed by atoms with Crippen molar-refractivity contribution in [2.45, 2.75) is 6.92 Å². The number of aromatic nitrogens is 2. The maximum Gasteiger partial charge on any atom is 0.338 e. The fourth-order valence-electron chi connectivity index (χ4n) is 1.89. The number of benzene rings is 1. The van der Waals surface area contributed by atoms with Gasteiger partial charge in [0, 0.05) is 11.6 Å². The van der Waals surface area contributed by atoms with E-state index >= 15 is 0 Å². The van der Waals surface area contributed by atoms with Crippen molar-refractivity contribution in [3.05, 3.63) is 45.7 Å². The van der Waals surface area contributed by atoms with E-state index in [1.165, 1.54) is 21.8 Å². The molecule has 2 heterocycles. The third kappa shape index (κ3) is 1.90. The van der Waals surface area contributed by atoms with E-state index in [1.807, 2.05) is 0 Å². The van der Waals surface area contributed by atoms with Gasteiger partial charge in [0.05, 0.1) is 23.1 Å². The average molecular weight is 274 g/mol. The van der Waals surface area contributed by atoms with Gasteiger partial charge in [-0.1, -0.05) is 0 Å². The van der Waals surface area contributed by atoms with Crippen LogP contribution in [0.1, 0.15) is 17.3 Å². The van der Waals surface area contributed by atoms with Gasteiger partial charge in [0.2, 0.25) is 0 Å². The molecule has 0 amide bonds. The number of carbonyl (C=O) groups is 1. The van der Waals surface area contributed by atoms with E-state index in [-0.39, 0.29) is 5.56 Å². The van der Waals surface area contributed by atoms with Crippen LogP contribution in [0, 0.1) is 0 Å². The Hall–Kier alpha value is -2.21. The molecule has 0 atom stereocenters. The summed E-state index contributed by atoms with van der Waals surface area (Å²) < 4.78 is 6.40. The molecule has 0 aliphatic carbocycles. The molecule has 0 N–H and O–H groups in total. The number of hydrogen-bond donors (Lipinski definition) is 0. The number of fused-ring (bicyclic) bond motifs is 2. The fourth-order valence-corrected chi connectivity index (χ4v) is 2.60. The van der Waals surface area contributed by atoms with Gasteiger partial charge in [0.25, 0.3) is 5.56 Å². The number of thiazole rings is 1. The summed E-state index contributed by atoms with van der Waals surface area (Å²) in [6.07, 6.45) is 1.67. The van der Waals surface area contributed by atoms with E-state index in [0.29, 0.717) is 28.0 Å². The molecule has 2 aromatic heterocycles. The lowest BCUT2D eigenvalue weighted by molar-refractivity contribution is 0.0526. The highest BCUT2D eigenvalue weighted by Gasteiger charge is 2.11. The monoisotopic (exact) mass is 274 g/mol. The number of hydrogen-bond acceptors (Lipinski definition) is 5. The highest BCUT2D eigenvalue weighted by Crippen LogP contribution is 2.15. The molecule has 0 spiro atoms. The van der Waals surface area contributed by atoms with Crippen LogP contribution in [0.25, 0.3) is 15.9 Å². The maximum absolute atomic E-state index is 12.3. The molecule has 0 bridgehead atoms. The van der Waals surface area contributed by atoms with Crippen molar-refractivity contribution in [3.63, 3.8) is 0 Å². The van der Waals surface area contributed by atoms with Crippen molar-refractivity contribution < 1.29 is 9.53 Å². The Balaban J connectivity index is 2.27. The number of carbonyl (C=O) groups excluding carboxylic acids is 1. The summed E-state index contributed by atoms with van der Waals surface area (Å²) in [4.78, 5) is 28.9. The first-order chi connectivity index (χ1) is 9.20. The molecule has 1 aromatic carbocycles. The van der Waals surface area contributed by atoms with Gasteiger partial charge in [-0.2, -0.15) is 0 Å². The smallest absolute Gasteiger partial charge is 0.338 e. The molecular weight excluding hydrogens is 264 g/mol. The van der Waals surface area contributed by atoms with Gasteiger partial charge in [0.1, 0.15) is 0 Å². The number of esters is 1. The number of rotatable bonds is 2. The molecule has 0 saturated carbocycles. The van der Waals surface area contributed by atoms with Crippen LogP contribution >= 0.6 is 11.3 Å². The average Bonchev–Trinajstić information content (AvgIpc) is 2.87. The van der Waals surface area contributed by atoms with Gasteiger partial charge in [-0.15, -0.1) is 11.3 Å².